The molecule has 0 aliphatic heterocycles. The van der Waals surface area contributed by atoms with Gasteiger partial charge >= 0.3 is 0 Å². The second kappa shape index (κ2) is 11.3. The van der Waals surface area contributed by atoms with Gasteiger partial charge in [-0.25, -0.2) is 4.39 Å². The smallest absolute Gasteiger partial charge is 0.220 e. The molecule has 1 atom stereocenters. The Labute approximate surface area is 203 Å². The molecule has 2 aromatic carbocycles. The molecule has 0 spiro atoms. The molecule has 0 unspecified atom stereocenters. The number of halogens is 2. The van der Waals surface area contributed by atoms with Crippen LogP contribution in [0.5, 0.6) is 11.5 Å². The summed E-state index contributed by atoms with van der Waals surface area (Å²) in [4.78, 5) is 11.1. The normalized spacial score (nSPS) is 11.8. The molecule has 0 aliphatic rings. The Kier molecular flexibility index (Phi) is 8.45. The molecule has 0 aliphatic carbocycles. The minimum absolute atomic E-state index is 0.283. The largest absolute Gasteiger partial charge is 0.490 e. The lowest BCUT2D eigenvalue weighted by molar-refractivity contribution is -0.479. The molecule has 0 N–H and O–H groups in total. The Hall–Kier alpha value is -2.92. The van der Waals surface area contributed by atoms with E-state index < -0.39 is 5.25 Å². The van der Waals surface area contributed by atoms with Crippen molar-refractivity contribution in [2.24, 2.45) is 0 Å². The zero-order chi connectivity index (χ0) is 24.0. The third-order valence-electron chi connectivity index (χ3n) is 4.49. The standard InChI is InChI=1S/C22H22BrFN4O4S/c1-4-10-32-21-18(23)11-15(12-19(21)31-5-2)20(13-27(29)30)33-22-26-25-14(3)28(22)17-8-6-16(24)7-9-17/h4,6-9,11-12,20H,1,5,10,13H2,2-3H3/t20-/m0/s1. The molecule has 1 heterocycles. The zero-order valence-corrected chi connectivity index (χ0v) is 20.4. The number of ether oxygens (including phenoxy) is 2. The molecule has 11 heteroatoms. The topological polar surface area (TPSA) is 92.3 Å². The zero-order valence-electron chi connectivity index (χ0n) is 18.0. The van der Waals surface area contributed by atoms with Gasteiger partial charge in [0, 0.05) is 10.6 Å². The monoisotopic (exact) mass is 536 g/mol. The maximum Gasteiger partial charge on any atom is 0.220 e. The highest BCUT2D eigenvalue weighted by Gasteiger charge is 2.26. The first-order valence-corrected chi connectivity index (χ1v) is 11.7. The first kappa shape index (κ1) is 24.7. The summed E-state index contributed by atoms with van der Waals surface area (Å²) in [5.41, 5.74) is 1.31. The summed E-state index contributed by atoms with van der Waals surface area (Å²) in [5.74, 6) is 1.18. The number of hydrogen-bond donors (Lipinski definition) is 0. The van der Waals surface area contributed by atoms with Crippen molar-refractivity contribution in [2.45, 2.75) is 24.3 Å². The maximum atomic E-state index is 13.4. The summed E-state index contributed by atoms with van der Waals surface area (Å²) in [7, 11) is 0. The third kappa shape index (κ3) is 6.11. The Morgan fingerprint density at radius 2 is 2.03 bits per heavy atom. The van der Waals surface area contributed by atoms with E-state index in [0.29, 0.717) is 44.8 Å². The number of thioether (sulfide) groups is 1. The van der Waals surface area contributed by atoms with Gasteiger partial charge in [-0.2, -0.15) is 0 Å². The van der Waals surface area contributed by atoms with Gasteiger partial charge in [0.15, 0.2) is 16.7 Å². The fourth-order valence-electron chi connectivity index (χ4n) is 3.10. The SMILES string of the molecule is C=CCOc1c(Br)cc([C@H](C[N+](=O)[O-])Sc2nnc(C)n2-c2ccc(F)cc2)cc1OCC. The minimum Gasteiger partial charge on any atom is -0.490 e. The second-order valence-corrected chi connectivity index (χ2v) is 8.85. The van der Waals surface area contributed by atoms with Gasteiger partial charge in [-0.15, -0.1) is 10.2 Å². The molecule has 33 heavy (non-hydrogen) atoms. The summed E-state index contributed by atoms with van der Waals surface area (Å²) in [6.07, 6.45) is 1.62. The van der Waals surface area contributed by atoms with E-state index >= 15 is 0 Å². The van der Waals surface area contributed by atoms with E-state index in [4.69, 9.17) is 9.47 Å². The summed E-state index contributed by atoms with van der Waals surface area (Å²) in [5, 5.41) is 19.7. The lowest BCUT2D eigenvalue weighted by atomic mass is 10.1. The average molecular weight is 537 g/mol. The third-order valence-corrected chi connectivity index (χ3v) is 6.26. The molecule has 0 saturated carbocycles. The van der Waals surface area contributed by atoms with E-state index in [1.54, 1.807) is 41.8 Å². The lowest BCUT2D eigenvalue weighted by Crippen LogP contribution is -2.12. The van der Waals surface area contributed by atoms with Crippen LogP contribution in [0, 0.1) is 22.9 Å². The predicted octanol–water partition coefficient (Wildman–Crippen LogP) is 5.55. The summed E-state index contributed by atoms with van der Waals surface area (Å²) < 4.78 is 27.2. The van der Waals surface area contributed by atoms with E-state index in [2.05, 4.69) is 32.7 Å². The Morgan fingerprint density at radius 1 is 1.30 bits per heavy atom. The quantitative estimate of drug-likeness (QED) is 0.137. The molecule has 3 rings (SSSR count). The fraction of sp³-hybridized carbons (Fsp3) is 0.273. The van der Waals surface area contributed by atoms with Crippen molar-refractivity contribution in [2.75, 3.05) is 19.8 Å². The van der Waals surface area contributed by atoms with Crippen molar-refractivity contribution in [1.29, 1.82) is 0 Å². The molecule has 8 nitrogen and oxygen atoms in total. The van der Waals surface area contributed by atoms with Crippen molar-refractivity contribution < 1.29 is 18.8 Å². The fourth-order valence-corrected chi connectivity index (χ4v) is 4.83. The van der Waals surface area contributed by atoms with Crippen LogP contribution in [-0.2, 0) is 0 Å². The van der Waals surface area contributed by atoms with Crippen LogP contribution in [0.2, 0.25) is 0 Å². The molecule has 0 bridgehead atoms. The molecule has 0 saturated heterocycles. The van der Waals surface area contributed by atoms with E-state index in [-0.39, 0.29) is 23.9 Å². The van der Waals surface area contributed by atoms with Crippen LogP contribution in [0.3, 0.4) is 0 Å². The Morgan fingerprint density at radius 3 is 2.67 bits per heavy atom. The molecule has 174 valence electrons. The van der Waals surface area contributed by atoms with Crippen molar-refractivity contribution in [3.63, 3.8) is 0 Å². The van der Waals surface area contributed by atoms with Crippen molar-refractivity contribution in [3.05, 3.63) is 80.8 Å². The minimum atomic E-state index is -0.605. The van der Waals surface area contributed by atoms with Crippen LogP contribution in [-0.4, -0.2) is 39.4 Å². The summed E-state index contributed by atoms with van der Waals surface area (Å²) in [6.45, 7) is 7.58. The molecule has 0 amide bonds. The summed E-state index contributed by atoms with van der Waals surface area (Å²) >= 11 is 4.69. The van der Waals surface area contributed by atoms with Gasteiger partial charge in [-0.05, 0) is 71.7 Å². The van der Waals surface area contributed by atoms with E-state index in [0.717, 1.165) is 0 Å². The molecule has 3 aromatic rings. The number of nitro groups is 1. The maximum absolute atomic E-state index is 13.4. The van der Waals surface area contributed by atoms with Crippen molar-refractivity contribution in [1.82, 2.24) is 14.8 Å². The highest BCUT2D eigenvalue weighted by atomic mass is 79.9. The highest BCUT2D eigenvalue weighted by molar-refractivity contribution is 9.10. The van der Waals surface area contributed by atoms with Gasteiger partial charge in [0.25, 0.3) is 0 Å². The van der Waals surface area contributed by atoms with Crippen LogP contribution >= 0.6 is 27.7 Å². The number of aryl methyl sites for hydroxylation is 1. The van der Waals surface area contributed by atoms with E-state index in [1.165, 1.54) is 23.9 Å². The number of benzene rings is 2. The van der Waals surface area contributed by atoms with Crippen molar-refractivity contribution >= 4 is 27.7 Å². The van der Waals surface area contributed by atoms with Crippen LogP contribution in [0.25, 0.3) is 5.69 Å². The predicted molar refractivity (Wildman–Crippen MR) is 128 cm³/mol. The number of hydrogen-bond acceptors (Lipinski definition) is 7. The van der Waals surface area contributed by atoms with Gasteiger partial charge in [-0.1, -0.05) is 24.4 Å². The van der Waals surface area contributed by atoms with Crippen molar-refractivity contribution in [3.8, 4) is 17.2 Å². The molecule has 1 aromatic heterocycles. The lowest BCUT2D eigenvalue weighted by Gasteiger charge is -2.18. The first-order valence-electron chi connectivity index (χ1n) is 10.00. The van der Waals surface area contributed by atoms with E-state index in [9.17, 15) is 14.5 Å². The van der Waals surface area contributed by atoms with Crippen LogP contribution in [0.15, 0.2) is 58.7 Å². The Balaban J connectivity index is 2.02. The van der Waals surface area contributed by atoms with Gasteiger partial charge < -0.3 is 9.47 Å². The van der Waals surface area contributed by atoms with E-state index in [1.807, 2.05) is 6.92 Å². The van der Waals surface area contributed by atoms with Gasteiger partial charge in [0.1, 0.15) is 23.5 Å². The highest BCUT2D eigenvalue weighted by Crippen LogP contribution is 2.43. The average Bonchev–Trinajstić information content (AvgIpc) is 3.13. The van der Waals surface area contributed by atoms with Crippen LogP contribution in [0.1, 0.15) is 23.6 Å². The molecule has 0 radical (unpaired) electrons. The Bertz CT molecular complexity index is 1140. The number of nitrogens with zero attached hydrogens (tertiary/aromatic N) is 4. The van der Waals surface area contributed by atoms with Gasteiger partial charge in [0.2, 0.25) is 6.54 Å². The van der Waals surface area contributed by atoms with Crippen LogP contribution in [0.4, 0.5) is 4.39 Å². The number of aromatic nitrogens is 3. The first-order chi connectivity index (χ1) is 15.8. The van der Waals surface area contributed by atoms with Gasteiger partial charge in [-0.3, -0.25) is 14.7 Å². The molecule has 0 fully saturated rings. The van der Waals surface area contributed by atoms with Crippen LogP contribution < -0.4 is 9.47 Å². The molecular formula is C22H22BrFN4O4S. The number of rotatable bonds is 11. The molecular weight excluding hydrogens is 515 g/mol. The summed E-state index contributed by atoms with van der Waals surface area (Å²) in [6, 6.07) is 9.39. The van der Waals surface area contributed by atoms with Gasteiger partial charge in [0.05, 0.1) is 11.1 Å². The second-order valence-electron chi connectivity index (χ2n) is 6.83.